The van der Waals surface area contributed by atoms with E-state index in [0.717, 1.165) is 18.7 Å². The third kappa shape index (κ3) is 3.78. The summed E-state index contributed by atoms with van der Waals surface area (Å²) in [5, 5.41) is 9.03. The van der Waals surface area contributed by atoms with Crippen molar-refractivity contribution in [3.05, 3.63) is 28.8 Å². The van der Waals surface area contributed by atoms with E-state index in [9.17, 15) is 0 Å². The monoisotopic (exact) mass is 223 g/mol. The number of anilines is 1. The van der Waals surface area contributed by atoms with E-state index in [1.807, 2.05) is 19.2 Å². The van der Waals surface area contributed by atoms with Crippen molar-refractivity contribution in [3.8, 4) is 6.07 Å². The number of nitriles is 1. The summed E-state index contributed by atoms with van der Waals surface area (Å²) in [7, 11) is 1.97. The Bertz CT molecular complexity index is 371. The van der Waals surface area contributed by atoms with Crippen molar-refractivity contribution in [3.63, 3.8) is 0 Å². The fourth-order valence-corrected chi connectivity index (χ4v) is 1.44. The van der Waals surface area contributed by atoms with Crippen LogP contribution >= 0.6 is 11.6 Å². The normalized spacial score (nSPS) is 10.3. The SMILES string of the molecule is CN(CCC#N)Cc1ccc(Cl)c(N)c1. The molecule has 0 heterocycles. The quantitative estimate of drug-likeness (QED) is 0.797. The molecule has 0 aromatic heterocycles. The Labute approximate surface area is 95.1 Å². The number of nitrogens with zero attached hydrogens (tertiary/aromatic N) is 2. The lowest BCUT2D eigenvalue weighted by Gasteiger charge is -2.15. The molecule has 0 spiro atoms. The van der Waals surface area contributed by atoms with Crippen LogP contribution < -0.4 is 5.73 Å². The highest BCUT2D eigenvalue weighted by Gasteiger charge is 2.02. The van der Waals surface area contributed by atoms with Crippen LogP contribution in [0.2, 0.25) is 5.02 Å². The van der Waals surface area contributed by atoms with Gasteiger partial charge in [-0.1, -0.05) is 17.7 Å². The molecule has 1 rings (SSSR count). The highest BCUT2D eigenvalue weighted by atomic mass is 35.5. The number of hydrogen-bond acceptors (Lipinski definition) is 3. The van der Waals surface area contributed by atoms with Gasteiger partial charge in [-0.2, -0.15) is 5.26 Å². The van der Waals surface area contributed by atoms with Crippen molar-refractivity contribution in [2.75, 3.05) is 19.3 Å². The van der Waals surface area contributed by atoms with Gasteiger partial charge in [0.25, 0.3) is 0 Å². The molecule has 1 aromatic carbocycles. The lowest BCUT2D eigenvalue weighted by molar-refractivity contribution is 0.335. The summed E-state index contributed by atoms with van der Waals surface area (Å²) < 4.78 is 0. The molecule has 4 heteroatoms. The molecule has 0 saturated heterocycles. The Hall–Kier alpha value is -1.24. The first kappa shape index (κ1) is 11.8. The van der Waals surface area contributed by atoms with Gasteiger partial charge in [-0.05, 0) is 24.7 Å². The van der Waals surface area contributed by atoms with Crippen molar-refractivity contribution < 1.29 is 0 Å². The van der Waals surface area contributed by atoms with E-state index >= 15 is 0 Å². The largest absolute Gasteiger partial charge is 0.398 e. The van der Waals surface area contributed by atoms with Gasteiger partial charge in [0.2, 0.25) is 0 Å². The molecule has 0 fully saturated rings. The van der Waals surface area contributed by atoms with Crippen molar-refractivity contribution in [2.24, 2.45) is 0 Å². The molecule has 0 saturated carbocycles. The minimum Gasteiger partial charge on any atom is -0.398 e. The minimum absolute atomic E-state index is 0.541. The van der Waals surface area contributed by atoms with Crippen LogP contribution in [0.4, 0.5) is 5.69 Å². The van der Waals surface area contributed by atoms with Crippen molar-refractivity contribution in [2.45, 2.75) is 13.0 Å². The van der Waals surface area contributed by atoms with Gasteiger partial charge < -0.3 is 10.6 Å². The van der Waals surface area contributed by atoms with Crippen molar-refractivity contribution >= 4 is 17.3 Å². The van der Waals surface area contributed by atoms with E-state index in [2.05, 4.69) is 11.0 Å². The Morgan fingerprint density at radius 3 is 2.87 bits per heavy atom. The van der Waals surface area contributed by atoms with E-state index in [1.54, 1.807) is 6.07 Å². The van der Waals surface area contributed by atoms with Gasteiger partial charge >= 0.3 is 0 Å². The number of halogens is 1. The second-order valence-electron chi connectivity index (χ2n) is 3.50. The zero-order valence-electron chi connectivity index (χ0n) is 8.70. The number of hydrogen-bond donors (Lipinski definition) is 1. The third-order valence-electron chi connectivity index (χ3n) is 2.12. The van der Waals surface area contributed by atoms with Crippen molar-refractivity contribution in [1.82, 2.24) is 4.90 Å². The highest BCUT2D eigenvalue weighted by molar-refractivity contribution is 6.33. The zero-order chi connectivity index (χ0) is 11.3. The second-order valence-corrected chi connectivity index (χ2v) is 3.91. The first-order valence-electron chi connectivity index (χ1n) is 4.73. The van der Waals surface area contributed by atoms with Crippen LogP contribution in [0.5, 0.6) is 0 Å². The van der Waals surface area contributed by atoms with E-state index in [4.69, 9.17) is 22.6 Å². The van der Waals surface area contributed by atoms with E-state index in [0.29, 0.717) is 17.1 Å². The maximum atomic E-state index is 8.45. The lowest BCUT2D eigenvalue weighted by Crippen LogP contribution is -2.18. The van der Waals surface area contributed by atoms with Crippen LogP contribution in [-0.2, 0) is 6.54 Å². The molecular weight excluding hydrogens is 210 g/mol. The first-order valence-corrected chi connectivity index (χ1v) is 5.10. The molecule has 1 aromatic rings. The molecule has 0 amide bonds. The van der Waals surface area contributed by atoms with Crippen LogP contribution in [0, 0.1) is 11.3 Å². The van der Waals surface area contributed by atoms with Crippen LogP contribution in [0.25, 0.3) is 0 Å². The fraction of sp³-hybridized carbons (Fsp3) is 0.364. The highest BCUT2D eigenvalue weighted by Crippen LogP contribution is 2.20. The average molecular weight is 224 g/mol. The number of benzene rings is 1. The Kier molecular flexibility index (Phi) is 4.41. The predicted molar refractivity (Wildman–Crippen MR) is 62.4 cm³/mol. The summed E-state index contributed by atoms with van der Waals surface area (Å²) in [6.45, 7) is 1.54. The van der Waals surface area contributed by atoms with Crippen LogP contribution in [-0.4, -0.2) is 18.5 Å². The summed E-state index contributed by atoms with van der Waals surface area (Å²) in [6, 6.07) is 7.73. The zero-order valence-corrected chi connectivity index (χ0v) is 9.46. The Morgan fingerprint density at radius 1 is 1.53 bits per heavy atom. The number of nitrogen functional groups attached to an aromatic ring is 1. The van der Waals surface area contributed by atoms with Crippen molar-refractivity contribution in [1.29, 1.82) is 5.26 Å². The van der Waals surface area contributed by atoms with Gasteiger partial charge in [0.05, 0.1) is 16.8 Å². The van der Waals surface area contributed by atoms with E-state index < -0.39 is 0 Å². The van der Waals surface area contributed by atoms with Crippen LogP contribution in [0.15, 0.2) is 18.2 Å². The summed E-state index contributed by atoms with van der Waals surface area (Å²) in [6.07, 6.45) is 0.541. The Morgan fingerprint density at radius 2 is 2.27 bits per heavy atom. The molecule has 80 valence electrons. The molecule has 0 aliphatic heterocycles. The molecule has 0 aliphatic carbocycles. The maximum Gasteiger partial charge on any atom is 0.0635 e. The lowest BCUT2D eigenvalue weighted by atomic mass is 10.2. The standard InChI is InChI=1S/C11H14ClN3/c1-15(6-2-5-13)8-9-3-4-10(12)11(14)7-9/h3-4,7H,2,6,8,14H2,1H3. The molecule has 2 N–H and O–H groups in total. The van der Waals surface area contributed by atoms with Gasteiger partial charge in [-0.25, -0.2) is 0 Å². The molecule has 0 bridgehead atoms. The topological polar surface area (TPSA) is 53.0 Å². The minimum atomic E-state index is 0.541. The third-order valence-corrected chi connectivity index (χ3v) is 2.46. The van der Waals surface area contributed by atoms with E-state index in [1.165, 1.54) is 0 Å². The Balaban J connectivity index is 2.57. The molecule has 0 aliphatic rings. The first-order chi connectivity index (χ1) is 7.13. The number of rotatable bonds is 4. The molecule has 15 heavy (non-hydrogen) atoms. The summed E-state index contributed by atoms with van der Waals surface area (Å²) in [4.78, 5) is 2.08. The fourth-order valence-electron chi connectivity index (χ4n) is 1.32. The smallest absolute Gasteiger partial charge is 0.0635 e. The molecular formula is C11H14ClN3. The van der Waals surface area contributed by atoms with Crippen LogP contribution in [0.3, 0.4) is 0 Å². The molecule has 3 nitrogen and oxygen atoms in total. The van der Waals surface area contributed by atoms with Gasteiger partial charge in [0, 0.05) is 19.5 Å². The second kappa shape index (κ2) is 5.59. The summed E-state index contributed by atoms with van der Waals surface area (Å²) >= 11 is 5.82. The number of nitrogens with two attached hydrogens (primary N) is 1. The summed E-state index contributed by atoms with van der Waals surface area (Å²) in [5.41, 5.74) is 7.40. The average Bonchev–Trinajstić information content (AvgIpc) is 2.20. The van der Waals surface area contributed by atoms with Gasteiger partial charge in [-0.3, -0.25) is 0 Å². The van der Waals surface area contributed by atoms with Gasteiger partial charge in [0.1, 0.15) is 0 Å². The molecule has 0 unspecified atom stereocenters. The summed E-state index contributed by atoms with van der Waals surface area (Å²) in [5.74, 6) is 0. The maximum absolute atomic E-state index is 8.45. The van der Waals surface area contributed by atoms with Gasteiger partial charge in [-0.15, -0.1) is 0 Å². The molecule has 0 radical (unpaired) electrons. The van der Waals surface area contributed by atoms with Crippen LogP contribution in [0.1, 0.15) is 12.0 Å². The predicted octanol–water partition coefficient (Wildman–Crippen LogP) is 2.27. The van der Waals surface area contributed by atoms with E-state index in [-0.39, 0.29) is 0 Å². The van der Waals surface area contributed by atoms with Gasteiger partial charge in [0.15, 0.2) is 0 Å². The molecule has 0 atom stereocenters.